The summed E-state index contributed by atoms with van der Waals surface area (Å²) in [5, 5.41) is 34.2. The second-order valence-corrected chi connectivity index (χ2v) is 8.41. The van der Waals surface area contributed by atoms with E-state index in [1.54, 1.807) is 6.92 Å². The maximum Gasteiger partial charge on any atom is 0.349 e. The Morgan fingerprint density at radius 1 is 1.11 bits per heavy atom. The van der Waals surface area contributed by atoms with Crippen LogP contribution in [0, 0.1) is 25.1 Å². The lowest BCUT2D eigenvalue weighted by Gasteiger charge is -2.15. The molecule has 0 amide bonds. The van der Waals surface area contributed by atoms with Crippen LogP contribution in [0.2, 0.25) is 0 Å². The highest BCUT2D eigenvalue weighted by molar-refractivity contribution is 6.03. The lowest BCUT2D eigenvalue weighted by Crippen LogP contribution is -2.12. The predicted octanol–water partition coefficient (Wildman–Crippen LogP) is 4.57. The third-order valence-electron chi connectivity index (χ3n) is 6.17. The monoisotopic (exact) mass is 513 g/mol. The van der Waals surface area contributed by atoms with Crippen molar-refractivity contribution >= 4 is 27.5 Å². The molecule has 0 unspecified atom stereocenters. The molecule has 0 spiro atoms. The van der Waals surface area contributed by atoms with Crippen molar-refractivity contribution in [3.8, 4) is 46.9 Å². The minimum absolute atomic E-state index is 0.0187. The van der Waals surface area contributed by atoms with Gasteiger partial charge in [0, 0.05) is 23.1 Å². The van der Waals surface area contributed by atoms with Crippen LogP contribution in [0.3, 0.4) is 0 Å². The van der Waals surface area contributed by atoms with Gasteiger partial charge in [-0.25, -0.2) is 9.18 Å². The number of methoxy groups -OCH3 is 1. The molecule has 0 bridgehead atoms. The zero-order valence-corrected chi connectivity index (χ0v) is 20.2. The Bertz CT molecular complexity index is 1840. The van der Waals surface area contributed by atoms with Crippen LogP contribution in [-0.2, 0) is 6.54 Å². The van der Waals surface area contributed by atoms with Gasteiger partial charge in [-0.3, -0.25) is 0 Å². The zero-order valence-electron chi connectivity index (χ0n) is 20.2. The largest absolute Gasteiger partial charge is 0.508 e. The summed E-state index contributed by atoms with van der Waals surface area (Å²) in [5.74, 6) is 1.30. The molecular weight excluding hydrogens is 493 g/mol. The van der Waals surface area contributed by atoms with Gasteiger partial charge in [0.2, 0.25) is 0 Å². The van der Waals surface area contributed by atoms with Crippen molar-refractivity contribution in [2.24, 2.45) is 0 Å². The molecule has 0 atom stereocenters. The average molecular weight is 513 g/mol. The van der Waals surface area contributed by atoms with Gasteiger partial charge in [0.15, 0.2) is 0 Å². The lowest BCUT2D eigenvalue weighted by molar-refractivity contribution is 0.382. The van der Waals surface area contributed by atoms with E-state index in [-0.39, 0.29) is 74.4 Å². The predicted molar refractivity (Wildman–Crippen MR) is 139 cm³/mol. The zero-order chi connectivity index (χ0) is 27.1. The molecule has 9 nitrogen and oxygen atoms in total. The van der Waals surface area contributed by atoms with E-state index >= 15 is 0 Å². The van der Waals surface area contributed by atoms with E-state index < -0.39 is 11.4 Å². The number of rotatable bonds is 5. The number of hydrogen-bond acceptors (Lipinski definition) is 9. The molecule has 0 fully saturated rings. The van der Waals surface area contributed by atoms with Gasteiger partial charge in [-0.2, -0.15) is 9.97 Å². The number of fused-ring (bicyclic) bond motifs is 2. The third kappa shape index (κ3) is 3.96. The van der Waals surface area contributed by atoms with Crippen molar-refractivity contribution in [2.45, 2.75) is 13.5 Å². The van der Waals surface area contributed by atoms with Crippen molar-refractivity contribution < 1.29 is 28.9 Å². The number of benzene rings is 3. The van der Waals surface area contributed by atoms with Gasteiger partial charge in [-0.05, 0) is 42.6 Å². The fourth-order valence-electron chi connectivity index (χ4n) is 4.37. The van der Waals surface area contributed by atoms with E-state index in [1.807, 2.05) is 0 Å². The molecular formula is C28H20FN3O6. The minimum Gasteiger partial charge on any atom is -0.508 e. The van der Waals surface area contributed by atoms with Crippen molar-refractivity contribution in [3.05, 3.63) is 75.4 Å². The number of aromatic hydroxyl groups is 3. The van der Waals surface area contributed by atoms with Crippen LogP contribution >= 0.6 is 0 Å². The first-order valence-electron chi connectivity index (χ1n) is 11.3. The number of hydrogen-bond donors (Lipinski definition) is 4. The van der Waals surface area contributed by atoms with Gasteiger partial charge in [-0.1, -0.05) is 18.1 Å². The molecule has 0 radical (unpaired) electrons. The van der Waals surface area contributed by atoms with Gasteiger partial charge in [0.1, 0.15) is 40.0 Å². The number of phenols is 3. The number of phenolic OH excluding ortho intramolecular Hbond substituents is 3. The van der Waals surface area contributed by atoms with Crippen LogP contribution < -0.4 is 15.7 Å². The van der Waals surface area contributed by atoms with E-state index in [0.29, 0.717) is 10.9 Å². The highest BCUT2D eigenvalue weighted by Gasteiger charge is 2.23. The maximum atomic E-state index is 14.6. The Labute approximate surface area is 214 Å². The molecule has 0 aliphatic rings. The van der Waals surface area contributed by atoms with Gasteiger partial charge < -0.3 is 29.8 Å². The number of halogens is 1. The average Bonchev–Trinajstić information content (AvgIpc) is 2.89. The molecule has 0 aliphatic heterocycles. The molecule has 2 aromatic heterocycles. The number of ether oxygens (including phenoxy) is 1. The molecule has 5 aromatic rings. The molecule has 2 heterocycles. The van der Waals surface area contributed by atoms with Crippen molar-refractivity contribution in [2.75, 3.05) is 12.4 Å². The van der Waals surface area contributed by atoms with Crippen LogP contribution in [0.5, 0.6) is 23.3 Å². The second-order valence-electron chi connectivity index (χ2n) is 8.41. The van der Waals surface area contributed by atoms with Crippen LogP contribution in [0.15, 0.2) is 51.7 Å². The van der Waals surface area contributed by atoms with Crippen molar-refractivity contribution in [1.82, 2.24) is 9.97 Å². The number of anilines is 1. The highest BCUT2D eigenvalue weighted by atomic mass is 19.1. The topological polar surface area (TPSA) is 138 Å². The summed E-state index contributed by atoms with van der Waals surface area (Å²) in [5.41, 5.74) is 0.0449. The molecule has 5 rings (SSSR count). The Hall–Kier alpha value is -5.30. The number of aryl methyl sites for hydroxylation is 1. The van der Waals surface area contributed by atoms with Crippen molar-refractivity contribution in [3.63, 3.8) is 0 Å². The first kappa shape index (κ1) is 24.4. The third-order valence-corrected chi connectivity index (χ3v) is 6.17. The molecule has 10 heteroatoms. The Balaban J connectivity index is 1.76. The molecule has 38 heavy (non-hydrogen) atoms. The summed E-state index contributed by atoms with van der Waals surface area (Å²) in [6.45, 7) is 1.55. The SMILES string of the molecule is C#Cc1c(F)ccc2cc(O)cc(-c3oc(=O)c4c(NCc5c(O)cccc5O)nc(OC)nc4c3C)c12. The Kier molecular flexibility index (Phi) is 5.97. The fraction of sp³-hybridized carbons (Fsp3) is 0.107. The fourth-order valence-corrected chi connectivity index (χ4v) is 4.37. The van der Waals surface area contributed by atoms with Gasteiger partial charge in [0.05, 0.1) is 23.8 Å². The smallest absolute Gasteiger partial charge is 0.349 e. The summed E-state index contributed by atoms with van der Waals surface area (Å²) in [7, 11) is 1.35. The van der Waals surface area contributed by atoms with Gasteiger partial charge in [0.25, 0.3) is 0 Å². The van der Waals surface area contributed by atoms with E-state index in [2.05, 4.69) is 21.2 Å². The Morgan fingerprint density at radius 2 is 1.84 bits per heavy atom. The molecule has 4 N–H and O–H groups in total. The molecule has 3 aromatic carbocycles. The van der Waals surface area contributed by atoms with Gasteiger partial charge in [-0.15, -0.1) is 6.42 Å². The van der Waals surface area contributed by atoms with Crippen LogP contribution in [-0.4, -0.2) is 32.4 Å². The molecule has 190 valence electrons. The summed E-state index contributed by atoms with van der Waals surface area (Å²) in [4.78, 5) is 21.9. The second kappa shape index (κ2) is 9.29. The molecule has 0 saturated heterocycles. The van der Waals surface area contributed by atoms with E-state index in [0.717, 1.165) is 0 Å². The first-order chi connectivity index (χ1) is 18.2. The summed E-state index contributed by atoms with van der Waals surface area (Å²) in [6.07, 6.45) is 5.59. The first-order valence-corrected chi connectivity index (χ1v) is 11.3. The normalized spacial score (nSPS) is 11.0. The maximum absolute atomic E-state index is 14.6. The number of nitrogens with zero attached hydrogens (tertiary/aromatic N) is 2. The summed E-state index contributed by atoms with van der Waals surface area (Å²) < 4.78 is 25.5. The highest BCUT2D eigenvalue weighted by Crippen LogP contribution is 2.39. The lowest BCUT2D eigenvalue weighted by atomic mass is 9.95. The van der Waals surface area contributed by atoms with E-state index in [9.17, 15) is 24.5 Å². The number of aromatic nitrogens is 2. The quantitative estimate of drug-likeness (QED) is 0.249. The van der Waals surface area contributed by atoms with Crippen molar-refractivity contribution in [1.29, 1.82) is 0 Å². The number of terminal acetylenes is 1. The van der Waals surface area contributed by atoms with E-state index in [4.69, 9.17) is 15.6 Å². The van der Waals surface area contributed by atoms with Crippen LogP contribution in [0.25, 0.3) is 33.0 Å². The van der Waals surface area contributed by atoms with Gasteiger partial charge >= 0.3 is 11.6 Å². The molecule has 0 aliphatic carbocycles. The Morgan fingerprint density at radius 3 is 2.53 bits per heavy atom. The molecule has 0 saturated carbocycles. The van der Waals surface area contributed by atoms with Crippen LogP contribution in [0.1, 0.15) is 16.7 Å². The summed E-state index contributed by atoms with van der Waals surface area (Å²) in [6, 6.07) is 9.65. The summed E-state index contributed by atoms with van der Waals surface area (Å²) >= 11 is 0. The minimum atomic E-state index is -0.831. The van der Waals surface area contributed by atoms with E-state index in [1.165, 1.54) is 49.6 Å². The van der Waals surface area contributed by atoms with Crippen LogP contribution in [0.4, 0.5) is 10.2 Å². The number of nitrogens with one attached hydrogen (secondary N) is 1. The standard InChI is InChI=1S/C28H20FN3O6/c1-4-16-19(29)9-8-14-10-15(33)11-17(22(14)16)25-13(2)24-23(27(36)38-25)26(32-28(31-24)37-3)30-12-18-20(34)6-5-7-21(18)35/h1,5-11,33-35H,12H2,2-3H3,(H,30,31,32).